The van der Waals surface area contributed by atoms with Crippen LogP contribution in [0.3, 0.4) is 0 Å². The highest BCUT2D eigenvalue weighted by molar-refractivity contribution is 5.73. The Morgan fingerprint density at radius 3 is 2.52 bits per heavy atom. The molecule has 0 aromatic heterocycles. The Bertz CT molecular complexity index is 730. The highest BCUT2D eigenvalue weighted by Crippen LogP contribution is 2.58. The van der Waals surface area contributed by atoms with Gasteiger partial charge >= 0.3 is 0 Å². The maximum atomic E-state index is 15.5. The SMILES string of the molecule is C=C1C2=C(CCC=C2/C=C\C)C(C)(C)C2=C1C(C)=CCC2(C)F. The number of rotatable bonds is 1. The molecule has 122 valence electrons. The lowest BCUT2D eigenvalue weighted by molar-refractivity contribution is 0.201. The second-order valence-corrected chi connectivity index (χ2v) is 7.69. The Balaban J connectivity index is 2.29. The van der Waals surface area contributed by atoms with Crippen LogP contribution in [0.1, 0.15) is 53.9 Å². The Labute approximate surface area is 139 Å². The molecule has 0 nitrogen and oxygen atoms in total. The smallest absolute Gasteiger partial charge is 0.134 e. The minimum Gasteiger partial charge on any atom is -0.239 e. The van der Waals surface area contributed by atoms with Crippen LogP contribution in [-0.2, 0) is 0 Å². The predicted molar refractivity (Wildman–Crippen MR) is 97.0 cm³/mol. The zero-order valence-electron chi connectivity index (χ0n) is 15.0. The maximum absolute atomic E-state index is 15.5. The number of hydrogen-bond acceptors (Lipinski definition) is 0. The van der Waals surface area contributed by atoms with Gasteiger partial charge in [-0.1, -0.05) is 50.3 Å². The Kier molecular flexibility index (Phi) is 3.66. The molecule has 0 radical (unpaired) electrons. The predicted octanol–water partition coefficient (Wildman–Crippen LogP) is 6.55. The molecule has 0 saturated heterocycles. The third-order valence-corrected chi connectivity index (χ3v) is 5.64. The molecule has 3 rings (SSSR count). The molecule has 0 aliphatic heterocycles. The van der Waals surface area contributed by atoms with Gasteiger partial charge in [0.25, 0.3) is 0 Å². The van der Waals surface area contributed by atoms with Crippen LogP contribution in [0.15, 0.2) is 69.9 Å². The average Bonchev–Trinajstić information content (AvgIpc) is 2.47. The monoisotopic (exact) mass is 310 g/mol. The van der Waals surface area contributed by atoms with E-state index in [1.54, 1.807) is 6.92 Å². The van der Waals surface area contributed by atoms with Gasteiger partial charge < -0.3 is 0 Å². The van der Waals surface area contributed by atoms with E-state index < -0.39 is 5.67 Å². The molecule has 1 heteroatoms. The van der Waals surface area contributed by atoms with Gasteiger partial charge in [-0.3, -0.25) is 0 Å². The van der Waals surface area contributed by atoms with Crippen LogP contribution in [0.5, 0.6) is 0 Å². The van der Waals surface area contributed by atoms with E-state index in [0.717, 1.165) is 29.6 Å². The molecule has 1 atom stereocenters. The van der Waals surface area contributed by atoms with E-state index in [1.165, 1.54) is 22.3 Å². The molecule has 3 aliphatic rings. The van der Waals surface area contributed by atoms with E-state index >= 15 is 4.39 Å². The molecule has 0 heterocycles. The first kappa shape index (κ1) is 16.2. The molecular weight excluding hydrogens is 283 g/mol. The highest BCUT2D eigenvalue weighted by atomic mass is 19.1. The molecule has 0 aromatic rings. The molecule has 0 bridgehead atoms. The van der Waals surface area contributed by atoms with Crippen molar-refractivity contribution < 1.29 is 4.39 Å². The van der Waals surface area contributed by atoms with Gasteiger partial charge in [0.05, 0.1) is 0 Å². The minimum absolute atomic E-state index is 0.258. The number of allylic oxidation sites excluding steroid dienone is 11. The molecule has 0 amide bonds. The lowest BCUT2D eigenvalue weighted by Gasteiger charge is -2.48. The summed E-state index contributed by atoms with van der Waals surface area (Å²) in [4.78, 5) is 0. The van der Waals surface area contributed by atoms with Gasteiger partial charge in [0.1, 0.15) is 5.67 Å². The Hall–Kier alpha value is -1.63. The fourth-order valence-corrected chi connectivity index (χ4v) is 4.72. The fourth-order valence-electron chi connectivity index (χ4n) is 4.72. The summed E-state index contributed by atoms with van der Waals surface area (Å²) in [6.07, 6.45) is 11.1. The maximum Gasteiger partial charge on any atom is 0.134 e. The van der Waals surface area contributed by atoms with Crippen molar-refractivity contribution in [1.29, 1.82) is 0 Å². The van der Waals surface area contributed by atoms with Crippen molar-refractivity contribution in [1.82, 2.24) is 0 Å². The summed E-state index contributed by atoms with van der Waals surface area (Å²) in [6, 6.07) is 0. The van der Waals surface area contributed by atoms with Crippen LogP contribution in [0.2, 0.25) is 0 Å². The molecular formula is C22H27F. The second kappa shape index (κ2) is 5.19. The number of hydrogen-bond donors (Lipinski definition) is 0. The van der Waals surface area contributed by atoms with Crippen molar-refractivity contribution in [2.75, 3.05) is 0 Å². The van der Waals surface area contributed by atoms with Crippen LogP contribution < -0.4 is 0 Å². The van der Waals surface area contributed by atoms with E-state index in [1.807, 2.05) is 13.0 Å². The van der Waals surface area contributed by atoms with Gasteiger partial charge in [0.2, 0.25) is 0 Å². The van der Waals surface area contributed by atoms with Crippen molar-refractivity contribution in [3.63, 3.8) is 0 Å². The van der Waals surface area contributed by atoms with Gasteiger partial charge in [-0.05, 0) is 67.1 Å². The average molecular weight is 310 g/mol. The summed E-state index contributed by atoms with van der Waals surface area (Å²) in [5.41, 5.74) is 6.49. The molecule has 0 spiro atoms. The molecule has 0 aromatic carbocycles. The van der Waals surface area contributed by atoms with Crippen molar-refractivity contribution >= 4 is 0 Å². The fraction of sp³-hybridized carbons (Fsp3) is 0.455. The molecule has 1 unspecified atom stereocenters. The third-order valence-electron chi connectivity index (χ3n) is 5.64. The van der Waals surface area contributed by atoms with Gasteiger partial charge in [-0.25, -0.2) is 4.39 Å². The largest absolute Gasteiger partial charge is 0.239 e. The van der Waals surface area contributed by atoms with E-state index in [4.69, 9.17) is 0 Å². The summed E-state index contributed by atoms with van der Waals surface area (Å²) in [5, 5.41) is 0. The standard InChI is InChI=1S/C22H27F/c1-7-9-16-10-8-11-17-19(16)15(3)18-14(2)12-13-22(6,23)20(18)21(17,4)5/h7,9-10,12H,3,8,11,13H2,1-2,4-6H3/b9-7-. The van der Waals surface area contributed by atoms with Gasteiger partial charge in [0, 0.05) is 11.8 Å². The van der Waals surface area contributed by atoms with Gasteiger partial charge in [-0.15, -0.1) is 0 Å². The first-order valence-corrected chi connectivity index (χ1v) is 8.59. The number of alkyl halides is 1. The second-order valence-electron chi connectivity index (χ2n) is 7.69. The number of halogens is 1. The summed E-state index contributed by atoms with van der Waals surface area (Å²) < 4.78 is 15.5. The Morgan fingerprint density at radius 2 is 1.87 bits per heavy atom. The quantitative estimate of drug-likeness (QED) is 0.515. The third kappa shape index (κ3) is 2.24. The van der Waals surface area contributed by atoms with Crippen molar-refractivity contribution in [3.8, 4) is 0 Å². The zero-order valence-corrected chi connectivity index (χ0v) is 15.0. The lowest BCUT2D eigenvalue weighted by atomic mass is 9.57. The van der Waals surface area contributed by atoms with Crippen LogP contribution in [0, 0.1) is 5.41 Å². The minimum atomic E-state index is -1.29. The van der Waals surface area contributed by atoms with Crippen LogP contribution in [0.4, 0.5) is 4.39 Å². The van der Waals surface area contributed by atoms with E-state index in [-0.39, 0.29) is 5.41 Å². The van der Waals surface area contributed by atoms with Crippen molar-refractivity contribution in [2.24, 2.45) is 5.41 Å². The zero-order chi connectivity index (χ0) is 17.0. The van der Waals surface area contributed by atoms with Gasteiger partial charge in [0.15, 0.2) is 0 Å². The van der Waals surface area contributed by atoms with E-state index in [0.29, 0.717) is 6.42 Å². The molecule has 0 saturated carbocycles. The summed E-state index contributed by atoms with van der Waals surface area (Å²) in [6.45, 7) is 14.7. The molecule has 23 heavy (non-hydrogen) atoms. The van der Waals surface area contributed by atoms with E-state index in [2.05, 4.69) is 45.6 Å². The van der Waals surface area contributed by atoms with Crippen molar-refractivity contribution in [3.05, 3.63) is 69.9 Å². The first-order chi connectivity index (χ1) is 10.7. The Morgan fingerprint density at radius 1 is 1.17 bits per heavy atom. The van der Waals surface area contributed by atoms with Crippen LogP contribution >= 0.6 is 0 Å². The highest BCUT2D eigenvalue weighted by Gasteiger charge is 2.48. The lowest BCUT2D eigenvalue weighted by Crippen LogP contribution is -2.39. The normalized spacial score (nSPS) is 30.3. The summed E-state index contributed by atoms with van der Waals surface area (Å²) in [5.74, 6) is 0. The van der Waals surface area contributed by atoms with E-state index in [9.17, 15) is 0 Å². The summed E-state index contributed by atoms with van der Waals surface area (Å²) in [7, 11) is 0. The summed E-state index contributed by atoms with van der Waals surface area (Å²) >= 11 is 0. The van der Waals surface area contributed by atoms with Gasteiger partial charge in [-0.2, -0.15) is 0 Å². The van der Waals surface area contributed by atoms with Crippen LogP contribution in [0.25, 0.3) is 0 Å². The molecule has 0 N–H and O–H groups in total. The molecule has 3 aliphatic carbocycles. The first-order valence-electron chi connectivity index (χ1n) is 8.59. The van der Waals surface area contributed by atoms with Crippen molar-refractivity contribution in [2.45, 2.75) is 59.5 Å². The topological polar surface area (TPSA) is 0 Å². The molecule has 0 fully saturated rings. The van der Waals surface area contributed by atoms with Crippen LogP contribution in [-0.4, -0.2) is 5.67 Å².